The monoisotopic (exact) mass is 421 g/mol. The number of unbranched alkanes of at least 4 members (excludes halogenated alkanes) is 1. The van der Waals surface area contributed by atoms with Gasteiger partial charge in [-0.3, -0.25) is 0 Å². The fraction of sp³-hybridized carbons (Fsp3) is 0.273. The third-order valence-electron chi connectivity index (χ3n) is 4.62. The van der Waals surface area contributed by atoms with Crippen LogP contribution < -0.4 is 4.74 Å². The Labute approximate surface area is 179 Å². The zero-order valence-corrected chi connectivity index (χ0v) is 17.8. The number of benzene rings is 2. The van der Waals surface area contributed by atoms with Crippen LogP contribution in [-0.2, 0) is 12.3 Å². The second-order valence-electron chi connectivity index (χ2n) is 6.71. The first-order chi connectivity index (χ1) is 14.8. The van der Waals surface area contributed by atoms with Crippen LogP contribution in [-0.4, -0.2) is 32.0 Å². The number of ether oxygens (including phenoxy) is 1. The topological polar surface area (TPSA) is 78.9 Å². The maximum Gasteiger partial charge on any atom is 0.257 e. The molecule has 0 aliphatic rings. The van der Waals surface area contributed by atoms with Crippen LogP contribution in [0.3, 0.4) is 0 Å². The molecule has 4 aromatic rings. The van der Waals surface area contributed by atoms with Crippen LogP contribution in [0.25, 0.3) is 22.8 Å². The summed E-state index contributed by atoms with van der Waals surface area (Å²) in [7, 11) is 1.66. The lowest BCUT2D eigenvalue weighted by Crippen LogP contribution is -2.03. The minimum atomic E-state index is 0.526. The number of hydrogen-bond donors (Lipinski definition) is 0. The maximum absolute atomic E-state index is 5.40. The van der Waals surface area contributed by atoms with Gasteiger partial charge in [0.15, 0.2) is 16.8 Å². The van der Waals surface area contributed by atoms with Crippen LogP contribution >= 0.6 is 11.8 Å². The van der Waals surface area contributed by atoms with Crippen molar-refractivity contribution in [3.8, 4) is 28.6 Å². The minimum absolute atomic E-state index is 0.526. The Bertz CT molecular complexity index is 1080. The first-order valence-corrected chi connectivity index (χ1v) is 10.9. The van der Waals surface area contributed by atoms with Crippen LogP contribution in [0, 0.1) is 0 Å². The zero-order chi connectivity index (χ0) is 20.8. The predicted molar refractivity (Wildman–Crippen MR) is 116 cm³/mol. The molecule has 2 aromatic carbocycles. The van der Waals surface area contributed by atoms with Crippen molar-refractivity contribution in [1.29, 1.82) is 0 Å². The molecule has 0 N–H and O–H groups in total. The molecule has 2 heterocycles. The smallest absolute Gasteiger partial charge is 0.257 e. The lowest BCUT2D eigenvalue weighted by Gasteiger charge is -2.09. The average molecular weight is 422 g/mol. The van der Waals surface area contributed by atoms with Crippen LogP contribution in [0.1, 0.15) is 25.6 Å². The van der Waals surface area contributed by atoms with Crippen LogP contribution in [0.5, 0.6) is 5.75 Å². The van der Waals surface area contributed by atoms with E-state index in [0.29, 0.717) is 17.5 Å². The summed E-state index contributed by atoms with van der Waals surface area (Å²) in [4.78, 5) is 4.50. The van der Waals surface area contributed by atoms with E-state index in [1.165, 1.54) is 0 Å². The zero-order valence-electron chi connectivity index (χ0n) is 17.0. The average Bonchev–Trinajstić information content (AvgIpc) is 3.44. The van der Waals surface area contributed by atoms with Crippen molar-refractivity contribution in [2.45, 2.75) is 37.2 Å². The van der Waals surface area contributed by atoms with E-state index in [9.17, 15) is 0 Å². The number of methoxy groups -OCH3 is 1. The predicted octanol–water partition coefficient (Wildman–Crippen LogP) is 5.10. The molecule has 0 saturated heterocycles. The fourth-order valence-corrected chi connectivity index (χ4v) is 3.81. The van der Waals surface area contributed by atoms with Gasteiger partial charge < -0.3 is 13.8 Å². The summed E-state index contributed by atoms with van der Waals surface area (Å²) in [5.41, 5.74) is 1.92. The molecule has 4 rings (SSSR count). The fourth-order valence-electron chi connectivity index (χ4n) is 3.01. The van der Waals surface area contributed by atoms with Gasteiger partial charge >= 0.3 is 0 Å². The van der Waals surface area contributed by atoms with Gasteiger partial charge in [0, 0.05) is 17.7 Å². The number of thioether (sulfide) groups is 1. The van der Waals surface area contributed by atoms with Gasteiger partial charge in [0.2, 0.25) is 0 Å². The third-order valence-corrected chi connectivity index (χ3v) is 5.58. The summed E-state index contributed by atoms with van der Waals surface area (Å²) in [5.74, 6) is 3.39. The Kier molecular flexibility index (Phi) is 6.44. The van der Waals surface area contributed by atoms with Crippen LogP contribution in [0.4, 0.5) is 0 Å². The molecule has 0 bridgehead atoms. The molecule has 7 nitrogen and oxygen atoms in total. The van der Waals surface area contributed by atoms with Gasteiger partial charge in [0.1, 0.15) is 5.75 Å². The summed E-state index contributed by atoms with van der Waals surface area (Å²) < 4.78 is 12.8. The van der Waals surface area contributed by atoms with E-state index >= 15 is 0 Å². The maximum atomic E-state index is 5.40. The third kappa shape index (κ3) is 4.54. The largest absolute Gasteiger partial charge is 0.497 e. The van der Waals surface area contributed by atoms with Crippen molar-refractivity contribution in [3.63, 3.8) is 0 Å². The molecular formula is C22H23N5O2S. The molecule has 0 aliphatic heterocycles. The Morgan fingerprint density at radius 2 is 1.80 bits per heavy atom. The summed E-state index contributed by atoms with van der Waals surface area (Å²) in [5, 5.41) is 13.8. The summed E-state index contributed by atoms with van der Waals surface area (Å²) >= 11 is 1.56. The van der Waals surface area contributed by atoms with Crippen molar-refractivity contribution in [3.05, 3.63) is 60.4 Å². The molecule has 0 fully saturated rings. The summed E-state index contributed by atoms with van der Waals surface area (Å²) in [6.45, 7) is 3.03. The van der Waals surface area contributed by atoms with Crippen molar-refractivity contribution < 1.29 is 9.26 Å². The molecular weight excluding hydrogens is 398 g/mol. The number of rotatable bonds is 9. The van der Waals surface area contributed by atoms with Gasteiger partial charge in [-0.1, -0.05) is 48.5 Å². The number of aromatic nitrogens is 5. The highest BCUT2D eigenvalue weighted by Gasteiger charge is 2.16. The highest BCUT2D eigenvalue weighted by atomic mass is 32.2. The Balaban J connectivity index is 1.52. The Hall–Kier alpha value is -3.13. The highest BCUT2D eigenvalue weighted by Crippen LogP contribution is 2.28. The van der Waals surface area contributed by atoms with Crippen molar-refractivity contribution in [1.82, 2.24) is 24.9 Å². The van der Waals surface area contributed by atoms with Gasteiger partial charge in [0.25, 0.3) is 5.89 Å². The normalized spacial score (nSPS) is 11.0. The molecule has 0 unspecified atom stereocenters. The van der Waals surface area contributed by atoms with Gasteiger partial charge in [-0.15, -0.1) is 10.2 Å². The highest BCUT2D eigenvalue weighted by molar-refractivity contribution is 7.98. The second-order valence-corrected chi connectivity index (χ2v) is 7.65. The van der Waals surface area contributed by atoms with Gasteiger partial charge in [-0.05, 0) is 42.8 Å². The van der Waals surface area contributed by atoms with Gasteiger partial charge in [-0.25, -0.2) is 0 Å². The van der Waals surface area contributed by atoms with E-state index in [2.05, 4.69) is 31.8 Å². The molecule has 0 spiro atoms. The van der Waals surface area contributed by atoms with Crippen LogP contribution in [0.15, 0.2) is 64.3 Å². The van der Waals surface area contributed by atoms with E-state index in [1.54, 1.807) is 18.9 Å². The summed E-state index contributed by atoms with van der Waals surface area (Å²) in [6, 6.07) is 17.6. The van der Waals surface area contributed by atoms with E-state index in [-0.39, 0.29) is 0 Å². The van der Waals surface area contributed by atoms with Crippen molar-refractivity contribution in [2.75, 3.05) is 7.11 Å². The van der Waals surface area contributed by atoms with Gasteiger partial charge in [-0.2, -0.15) is 4.98 Å². The Morgan fingerprint density at radius 1 is 1.00 bits per heavy atom. The SMILES string of the molecule is CCCCn1c(SCc2noc(-c3ccccc3)n2)nnc1-c1ccc(OC)cc1. The molecule has 0 radical (unpaired) electrons. The number of hydrogen-bond acceptors (Lipinski definition) is 7. The first kappa shape index (κ1) is 20.2. The first-order valence-electron chi connectivity index (χ1n) is 9.87. The molecule has 0 atom stereocenters. The lowest BCUT2D eigenvalue weighted by molar-refractivity contribution is 0.415. The molecule has 0 aliphatic carbocycles. The van der Waals surface area contributed by atoms with Crippen LogP contribution in [0.2, 0.25) is 0 Å². The van der Waals surface area contributed by atoms with E-state index < -0.39 is 0 Å². The standard InChI is InChI=1S/C22H23N5O2S/c1-3-4-14-27-20(16-10-12-18(28-2)13-11-16)24-25-22(27)30-15-19-23-21(29-26-19)17-8-6-5-7-9-17/h5-13H,3-4,14-15H2,1-2H3. The number of nitrogens with zero attached hydrogens (tertiary/aromatic N) is 5. The van der Waals surface area contributed by atoms with E-state index in [1.807, 2.05) is 54.6 Å². The molecule has 154 valence electrons. The molecule has 8 heteroatoms. The van der Waals surface area contributed by atoms with Crippen molar-refractivity contribution >= 4 is 11.8 Å². The minimum Gasteiger partial charge on any atom is -0.497 e. The lowest BCUT2D eigenvalue weighted by atomic mass is 10.2. The quantitative estimate of drug-likeness (QED) is 0.348. The van der Waals surface area contributed by atoms with Crippen molar-refractivity contribution in [2.24, 2.45) is 0 Å². The van der Waals surface area contributed by atoms with Gasteiger partial charge in [0.05, 0.1) is 12.9 Å². The summed E-state index contributed by atoms with van der Waals surface area (Å²) in [6.07, 6.45) is 2.14. The molecule has 30 heavy (non-hydrogen) atoms. The van der Waals surface area contributed by atoms with E-state index in [4.69, 9.17) is 9.26 Å². The molecule has 2 aromatic heterocycles. The second kappa shape index (κ2) is 9.58. The molecule has 0 saturated carbocycles. The Morgan fingerprint density at radius 3 is 2.53 bits per heavy atom. The molecule has 0 amide bonds. The van der Waals surface area contributed by atoms with E-state index in [0.717, 1.165) is 47.2 Å².